The molecular weight excluding hydrogens is 255 g/mol. The molecule has 1 aromatic carbocycles. The van der Waals surface area contributed by atoms with Crippen LogP contribution in [0.25, 0.3) is 22.4 Å². The number of nitrogens with zero attached hydrogens (tertiary/aromatic N) is 3. The molecule has 2 aromatic heterocycles. The molecule has 5 heteroatoms. The Labute approximate surface area is 115 Å². The van der Waals surface area contributed by atoms with E-state index < -0.39 is 5.82 Å². The largest absolute Gasteiger partial charge is 0.396 e. The molecule has 1 saturated carbocycles. The Kier molecular flexibility index (Phi) is 2.30. The van der Waals surface area contributed by atoms with Crippen molar-refractivity contribution in [2.45, 2.75) is 18.9 Å². The summed E-state index contributed by atoms with van der Waals surface area (Å²) in [4.78, 5) is 8.70. The summed E-state index contributed by atoms with van der Waals surface area (Å²) in [5.41, 5.74) is 8.53. The topological polar surface area (TPSA) is 56.7 Å². The number of aromatic nitrogens is 3. The zero-order valence-corrected chi connectivity index (χ0v) is 10.8. The first kappa shape index (κ1) is 11.4. The van der Waals surface area contributed by atoms with Crippen molar-refractivity contribution >= 4 is 16.7 Å². The fourth-order valence-electron chi connectivity index (χ4n) is 2.58. The molecule has 0 radical (unpaired) electrons. The van der Waals surface area contributed by atoms with Crippen LogP contribution in [-0.2, 0) is 0 Å². The van der Waals surface area contributed by atoms with E-state index in [0.717, 1.165) is 29.7 Å². The highest BCUT2D eigenvalue weighted by Gasteiger charge is 2.29. The smallest absolute Gasteiger partial charge is 0.146 e. The Bertz CT molecular complexity index is 805. The highest BCUT2D eigenvalue weighted by molar-refractivity contribution is 5.83. The van der Waals surface area contributed by atoms with Crippen molar-refractivity contribution in [1.82, 2.24) is 14.5 Å². The average Bonchev–Trinajstić information content (AvgIpc) is 3.22. The lowest BCUT2D eigenvalue weighted by atomic mass is 10.1. The second-order valence-corrected chi connectivity index (χ2v) is 5.10. The molecule has 0 atom stereocenters. The van der Waals surface area contributed by atoms with E-state index in [0.29, 0.717) is 11.6 Å². The molecule has 20 heavy (non-hydrogen) atoms. The second kappa shape index (κ2) is 4.03. The third-order valence-corrected chi connectivity index (χ3v) is 3.70. The molecule has 0 spiro atoms. The van der Waals surface area contributed by atoms with E-state index in [-0.39, 0.29) is 5.69 Å². The summed E-state index contributed by atoms with van der Waals surface area (Å²) in [5, 5.41) is 0. The van der Waals surface area contributed by atoms with Crippen LogP contribution in [0.3, 0.4) is 0 Å². The Morgan fingerprint density at radius 2 is 2.10 bits per heavy atom. The maximum absolute atomic E-state index is 13.7. The highest BCUT2D eigenvalue weighted by Crippen LogP contribution is 2.42. The zero-order valence-electron chi connectivity index (χ0n) is 10.8. The van der Waals surface area contributed by atoms with E-state index in [9.17, 15) is 4.39 Å². The minimum Gasteiger partial charge on any atom is -0.396 e. The Morgan fingerprint density at radius 1 is 1.25 bits per heavy atom. The van der Waals surface area contributed by atoms with Crippen molar-refractivity contribution in [3.63, 3.8) is 0 Å². The van der Waals surface area contributed by atoms with Gasteiger partial charge in [-0.2, -0.15) is 0 Å². The van der Waals surface area contributed by atoms with E-state index in [1.165, 1.54) is 6.07 Å². The number of pyridine rings is 1. The fourth-order valence-corrected chi connectivity index (χ4v) is 2.58. The molecule has 2 heterocycles. The molecule has 1 fully saturated rings. The van der Waals surface area contributed by atoms with Gasteiger partial charge in [0.1, 0.15) is 17.2 Å². The van der Waals surface area contributed by atoms with Crippen LogP contribution in [0.2, 0.25) is 0 Å². The van der Waals surface area contributed by atoms with Crippen LogP contribution in [0.15, 0.2) is 36.7 Å². The third kappa shape index (κ3) is 1.59. The SMILES string of the molecule is Nc1c(F)cccc1-c1nc2cnccc2n1C1CC1. The summed E-state index contributed by atoms with van der Waals surface area (Å²) in [5.74, 6) is 0.322. The lowest BCUT2D eigenvalue weighted by Gasteiger charge is -2.10. The van der Waals surface area contributed by atoms with Gasteiger partial charge in [-0.25, -0.2) is 9.37 Å². The summed E-state index contributed by atoms with van der Waals surface area (Å²) in [6, 6.07) is 7.21. The quantitative estimate of drug-likeness (QED) is 0.726. The number of halogens is 1. The number of hydrogen-bond donors (Lipinski definition) is 1. The van der Waals surface area contributed by atoms with E-state index in [4.69, 9.17) is 5.73 Å². The molecule has 3 aromatic rings. The molecular formula is C15H13FN4. The number of para-hydroxylation sites is 1. The van der Waals surface area contributed by atoms with Crippen molar-refractivity contribution in [2.24, 2.45) is 0 Å². The number of rotatable bonds is 2. The zero-order chi connectivity index (χ0) is 13.7. The normalized spacial score (nSPS) is 14.8. The molecule has 0 unspecified atom stereocenters. The summed E-state index contributed by atoms with van der Waals surface area (Å²) >= 11 is 0. The van der Waals surface area contributed by atoms with Gasteiger partial charge < -0.3 is 10.3 Å². The van der Waals surface area contributed by atoms with Gasteiger partial charge in [-0.3, -0.25) is 4.98 Å². The van der Waals surface area contributed by atoms with Crippen LogP contribution >= 0.6 is 0 Å². The van der Waals surface area contributed by atoms with Crippen LogP contribution in [0.5, 0.6) is 0 Å². The van der Waals surface area contributed by atoms with Gasteiger partial charge in [0.25, 0.3) is 0 Å². The molecule has 0 aliphatic heterocycles. The number of nitrogen functional groups attached to an aromatic ring is 1. The molecule has 2 N–H and O–H groups in total. The van der Waals surface area contributed by atoms with Gasteiger partial charge in [0, 0.05) is 17.8 Å². The van der Waals surface area contributed by atoms with Gasteiger partial charge >= 0.3 is 0 Å². The van der Waals surface area contributed by atoms with Crippen LogP contribution in [-0.4, -0.2) is 14.5 Å². The number of nitrogens with two attached hydrogens (primary N) is 1. The molecule has 0 amide bonds. The van der Waals surface area contributed by atoms with Crippen molar-refractivity contribution in [3.05, 3.63) is 42.5 Å². The molecule has 4 nitrogen and oxygen atoms in total. The standard InChI is InChI=1S/C15H13FN4/c16-11-3-1-2-10(14(11)17)15-19-12-8-18-7-6-13(12)20(15)9-4-5-9/h1-3,6-9H,4-5,17H2. The van der Waals surface area contributed by atoms with Gasteiger partial charge in [0.05, 0.1) is 17.4 Å². The van der Waals surface area contributed by atoms with Crippen LogP contribution in [0.4, 0.5) is 10.1 Å². The van der Waals surface area contributed by atoms with E-state index in [2.05, 4.69) is 14.5 Å². The van der Waals surface area contributed by atoms with Crippen molar-refractivity contribution in [1.29, 1.82) is 0 Å². The average molecular weight is 268 g/mol. The Hall–Kier alpha value is -2.43. The molecule has 4 rings (SSSR count). The van der Waals surface area contributed by atoms with Gasteiger partial charge in [-0.1, -0.05) is 6.07 Å². The third-order valence-electron chi connectivity index (χ3n) is 3.70. The summed E-state index contributed by atoms with van der Waals surface area (Å²) in [6.07, 6.45) is 5.72. The molecule has 1 aliphatic rings. The van der Waals surface area contributed by atoms with Crippen molar-refractivity contribution in [2.75, 3.05) is 5.73 Å². The predicted molar refractivity (Wildman–Crippen MR) is 75.6 cm³/mol. The van der Waals surface area contributed by atoms with Crippen LogP contribution in [0, 0.1) is 5.82 Å². The van der Waals surface area contributed by atoms with Gasteiger partial charge in [-0.05, 0) is 31.0 Å². The maximum atomic E-state index is 13.7. The van der Waals surface area contributed by atoms with Crippen molar-refractivity contribution < 1.29 is 4.39 Å². The van der Waals surface area contributed by atoms with Gasteiger partial charge in [0.15, 0.2) is 0 Å². The van der Waals surface area contributed by atoms with Gasteiger partial charge in [-0.15, -0.1) is 0 Å². The first-order valence-electron chi connectivity index (χ1n) is 6.62. The molecule has 100 valence electrons. The minimum absolute atomic E-state index is 0.151. The first-order valence-corrected chi connectivity index (χ1v) is 6.62. The molecule has 1 aliphatic carbocycles. The number of imidazole rings is 1. The Balaban J connectivity index is 2.04. The van der Waals surface area contributed by atoms with E-state index in [1.54, 1.807) is 18.5 Å². The fraction of sp³-hybridized carbons (Fsp3) is 0.200. The maximum Gasteiger partial charge on any atom is 0.146 e. The minimum atomic E-state index is -0.407. The summed E-state index contributed by atoms with van der Waals surface area (Å²) in [6.45, 7) is 0. The summed E-state index contributed by atoms with van der Waals surface area (Å²) < 4.78 is 15.8. The van der Waals surface area contributed by atoms with Crippen molar-refractivity contribution in [3.8, 4) is 11.4 Å². The molecule has 0 saturated heterocycles. The second-order valence-electron chi connectivity index (χ2n) is 5.10. The Morgan fingerprint density at radius 3 is 2.90 bits per heavy atom. The van der Waals surface area contributed by atoms with E-state index >= 15 is 0 Å². The first-order chi connectivity index (χ1) is 9.75. The highest BCUT2D eigenvalue weighted by atomic mass is 19.1. The lowest BCUT2D eigenvalue weighted by Crippen LogP contribution is -2.01. The number of anilines is 1. The van der Waals surface area contributed by atoms with Crippen LogP contribution in [0.1, 0.15) is 18.9 Å². The monoisotopic (exact) mass is 268 g/mol. The molecule has 0 bridgehead atoms. The number of fused-ring (bicyclic) bond motifs is 1. The number of benzene rings is 1. The van der Waals surface area contributed by atoms with E-state index in [1.807, 2.05) is 12.1 Å². The van der Waals surface area contributed by atoms with Crippen LogP contribution < -0.4 is 5.73 Å². The van der Waals surface area contributed by atoms with Gasteiger partial charge in [0.2, 0.25) is 0 Å². The summed E-state index contributed by atoms with van der Waals surface area (Å²) in [7, 11) is 0. The lowest BCUT2D eigenvalue weighted by molar-refractivity contribution is 0.632. The predicted octanol–water partition coefficient (Wildman–Crippen LogP) is 3.15. The number of hydrogen-bond acceptors (Lipinski definition) is 3.